The van der Waals surface area contributed by atoms with E-state index < -0.39 is 0 Å². The van der Waals surface area contributed by atoms with Crippen LogP contribution in [0.2, 0.25) is 0 Å². The summed E-state index contributed by atoms with van der Waals surface area (Å²) < 4.78 is 7.73. The van der Waals surface area contributed by atoms with Gasteiger partial charge in [0.2, 0.25) is 0 Å². The summed E-state index contributed by atoms with van der Waals surface area (Å²) in [6.45, 7) is 6.33. The van der Waals surface area contributed by atoms with Crippen LogP contribution in [0.15, 0.2) is 36.8 Å². The molecule has 6 heterocycles. The molecule has 2 atom stereocenters. The number of aryl methyl sites for hydroxylation is 1. The smallest absolute Gasteiger partial charge is 0.179 e. The molecular weight excluding hydrogens is 466 g/mol. The summed E-state index contributed by atoms with van der Waals surface area (Å²) in [5.41, 5.74) is 13.2. The Balaban J connectivity index is 1.12. The summed E-state index contributed by atoms with van der Waals surface area (Å²) in [4.78, 5) is 14.4. The van der Waals surface area contributed by atoms with Gasteiger partial charge in [0.1, 0.15) is 5.82 Å². The lowest BCUT2D eigenvalue weighted by Crippen LogP contribution is -2.50. The number of benzene rings is 1. The third-order valence-corrected chi connectivity index (χ3v) is 8.76. The SMILES string of the molecule is C[C@@H]1OCC2(CCN(c3cnc4c(N5CCc6cccc(-c7cnn(C)c7)c6C5)n[nH]c4n3)CC2)[C@@H]1N. The number of aromatic amines is 1. The van der Waals surface area contributed by atoms with Crippen molar-refractivity contribution in [3.05, 3.63) is 47.9 Å². The third-order valence-electron chi connectivity index (χ3n) is 8.76. The quantitative estimate of drug-likeness (QED) is 0.442. The Hall–Kier alpha value is -3.50. The topological polar surface area (TPSA) is 114 Å². The lowest BCUT2D eigenvalue weighted by atomic mass is 9.73. The van der Waals surface area contributed by atoms with Crippen molar-refractivity contribution in [3.63, 3.8) is 0 Å². The first-order valence-electron chi connectivity index (χ1n) is 13.2. The van der Waals surface area contributed by atoms with Crippen LogP contribution in [-0.2, 0) is 24.8 Å². The lowest BCUT2D eigenvalue weighted by molar-refractivity contribution is 0.0974. The predicted molar refractivity (Wildman–Crippen MR) is 142 cm³/mol. The Morgan fingerprint density at radius 1 is 1.14 bits per heavy atom. The number of rotatable bonds is 3. The third kappa shape index (κ3) is 3.69. The molecule has 10 heteroatoms. The number of aromatic nitrogens is 6. The first kappa shape index (κ1) is 22.7. The minimum atomic E-state index is 0.0911. The van der Waals surface area contributed by atoms with Gasteiger partial charge in [-0.15, -0.1) is 0 Å². The summed E-state index contributed by atoms with van der Waals surface area (Å²) in [5, 5.41) is 12.2. The van der Waals surface area contributed by atoms with E-state index in [9.17, 15) is 0 Å². The molecule has 0 bridgehead atoms. The van der Waals surface area contributed by atoms with Gasteiger partial charge in [0.15, 0.2) is 17.0 Å². The maximum atomic E-state index is 6.50. The monoisotopic (exact) mass is 499 g/mol. The average molecular weight is 500 g/mol. The molecule has 3 aliphatic heterocycles. The van der Waals surface area contributed by atoms with E-state index in [0.717, 1.165) is 80.4 Å². The minimum Gasteiger partial charge on any atom is -0.376 e. The fraction of sp³-hybridized carbons (Fsp3) is 0.481. The van der Waals surface area contributed by atoms with Gasteiger partial charge in [0.05, 0.1) is 25.1 Å². The largest absolute Gasteiger partial charge is 0.376 e. The van der Waals surface area contributed by atoms with Crippen molar-refractivity contribution >= 4 is 22.8 Å². The van der Waals surface area contributed by atoms with Crippen LogP contribution < -0.4 is 15.5 Å². The highest BCUT2D eigenvalue weighted by molar-refractivity contribution is 5.84. The molecule has 3 N–H and O–H groups in total. The number of anilines is 2. The first-order chi connectivity index (χ1) is 18.0. The van der Waals surface area contributed by atoms with E-state index in [1.807, 2.05) is 24.1 Å². The number of piperidine rings is 1. The van der Waals surface area contributed by atoms with Gasteiger partial charge >= 0.3 is 0 Å². The van der Waals surface area contributed by atoms with Crippen molar-refractivity contribution < 1.29 is 4.74 Å². The van der Waals surface area contributed by atoms with Crippen LogP contribution in [0.25, 0.3) is 22.3 Å². The van der Waals surface area contributed by atoms with E-state index in [0.29, 0.717) is 0 Å². The van der Waals surface area contributed by atoms with Crippen LogP contribution in [-0.4, -0.2) is 68.3 Å². The molecule has 0 radical (unpaired) electrons. The van der Waals surface area contributed by atoms with Crippen molar-refractivity contribution in [2.24, 2.45) is 18.2 Å². The predicted octanol–water partition coefficient (Wildman–Crippen LogP) is 2.65. The molecule has 1 spiro atoms. The van der Waals surface area contributed by atoms with Crippen molar-refractivity contribution in [1.29, 1.82) is 0 Å². The molecule has 10 nitrogen and oxygen atoms in total. The molecule has 192 valence electrons. The molecule has 0 aliphatic carbocycles. The van der Waals surface area contributed by atoms with Gasteiger partial charge in [0, 0.05) is 56.4 Å². The zero-order chi connectivity index (χ0) is 25.1. The summed E-state index contributed by atoms with van der Waals surface area (Å²) >= 11 is 0. The molecule has 3 aliphatic rings. The fourth-order valence-corrected chi connectivity index (χ4v) is 6.40. The Labute approximate surface area is 215 Å². The molecule has 1 aromatic carbocycles. The Morgan fingerprint density at radius 3 is 2.76 bits per heavy atom. The maximum Gasteiger partial charge on any atom is 0.179 e. The number of fused-ring (bicyclic) bond motifs is 2. The van der Waals surface area contributed by atoms with Crippen LogP contribution in [0.1, 0.15) is 30.9 Å². The Morgan fingerprint density at radius 2 is 2.00 bits per heavy atom. The number of nitrogens with one attached hydrogen (secondary N) is 1. The fourth-order valence-electron chi connectivity index (χ4n) is 6.40. The number of hydrogen-bond donors (Lipinski definition) is 2. The minimum absolute atomic E-state index is 0.0911. The zero-order valence-corrected chi connectivity index (χ0v) is 21.4. The molecule has 0 saturated carbocycles. The summed E-state index contributed by atoms with van der Waals surface area (Å²) in [6.07, 6.45) is 9.02. The second-order valence-electron chi connectivity index (χ2n) is 10.9. The summed E-state index contributed by atoms with van der Waals surface area (Å²) in [5.74, 6) is 1.75. The standard InChI is InChI=1S/C27H33N9O/c1-17-24(28)27(16-37-17)7-10-35(11-8-27)22-13-29-23-25(31-22)32-33-26(23)36-9-6-18-4-3-5-20(21(18)15-36)19-12-30-34(2)14-19/h3-5,12-14,17,24H,6-11,15-16,28H2,1-2H3,(H,31,32,33)/t17-,24+/m0/s1. The van der Waals surface area contributed by atoms with Gasteiger partial charge in [-0.1, -0.05) is 18.2 Å². The molecule has 7 rings (SSSR count). The number of hydrogen-bond acceptors (Lipinski definition) is 8. The summed E-state index contributed by atoms with van der Waals surface area (Å²) in [6, 6.07) is 6.66. The lowest BCUT2D eigenvalue weighted by Gasteiger charge is -2.41. The van der Waals surface area contributed by atoms with Crippen LogP contribution in [0, 0.1) is 5.41 Å². The van der Waals surface area contributed by atoms with E-state index in [2.05, 4.69) is 56.4 Å². The van der Waals surface area contributed by atoms with Crippen molar-refractivity contribution in [2.75, 3.05) is 36.0 Å². The highest BCUT2D eigenvalue weighted by Gasteiger charge is 2.47. The van der Waals surface area contributed by atoms with Crippen LogP contribution in [0.5, 0.6) is 0 Å². The molecule has 0 unspecified atom stereocenters. The molecule has 4 aromatic rings. The van der Waals surface area contributed by atoms with Crippen LogP contribution in [0.3, 0.4) is 0 Å². The van der Waals surface area contributed by atoms with E-state index in [4.69, 9.17) is 20.4 Å². The number of nitrogens with zero attached hydrogens (tertiary/aromatic N) is 7. The van der Waals surface area contributed by atoms with Gasteiger partial charge in [-0.2, -0.15) is 10.2 Å². The van der Waals surface area contributed by atoms with Gasteiger partial charge in [-0.25, -0.2) is 9.97 Å². The van der Waals surface area contributed by atoms with Gasteiger partial charge in [-0.05, 0) is 42.9 Å². The number of nitrogens with two attached hydrogens (primary N) is 1. The van der Waals surface area contributed by atoms with Gasteiger partial charge < -0.3 is 20.3 Å². The first-order valence-corrected chi connectivity index (χ1v) is 13.2. The van der Waals surface area contributed by atoms with Crippen molar-refractivity contribution in [2.45, 2.75) is 44.9 Å². The highest BCUT2D eigenvalue weighted by atomic mass is 16.5. The highest BCUT2D eigenvalue weighted by Crippen LogP contribution is 2.42. The normalized spacial score (nSPS) is 23.2. The van der Waals surface area contributed by atoms with Crippen LogP contribution in [0.4, 0.5) is 11.6 Å². The van der Waals surface area contributed by atoms with Crippen molar-refractivity contribution in [3.8, 4) is 11.1 Å². The molecule has 3 aromatic heterocycles. The Bertz CT molecular complexity index is 1450. The average Bonchev–Trinajstić information content (AvgIpc) is 3.63. The molecule has 37 heavy (non-hydrogen) atoms. The Kier molecular flexibility index (Phi) is 5.23. The van der Waals surface area contributed by atoms with Crippen LogP contribution >= 0.6 is 0 Å². The number of H-pyrrole nitrogens is 1. The second kappa shape index (κ2) is 8.53. The molecule has 2 saturated heterocycles. The van der Waals surface area contributed by atoms with Crippen molar-refractivity contribution in [1.82, 2.24) is 29.9 Å². The zero-order valence-electron chi connectivity index (χ0n) is 21.4. The van der Waals surface area contributed by atoms with E-state index in [1.54, 1.807) is 0 Å². The van der Waals surface area contributed by atoms with Gasteiger partial charge in [0.25, 0.3) is 0 Å². The number of ether oxygens (including phenoxy) is 1. The van der Waals surface area contributed by atoms with E-state index in [-0.39, 0.29) is 17.6 Å². The molecular formula is C27H33N9O. The van der Waals surface area contributed by atoms with Gasteiger partial charge in [-0.3, -0.25) is 9.78 Å². The molecule has 0 amide bonds. The summed E-state index contributed by atoms with van der Waals surface area (Å²) in [7, 11) is 1.95. The molecule has 2 fully saturated rings. The van der Waals surface area contributed by atoms with E-state index in [1.165, 1.54) is 16.7 Å². The van der Waals surface area contributed by atoms with E-state index >= 15 is 0 Å². The maximum absolute atomic E-state index is 6.50. The second-order valence-corrected chi connectivity index (χ2v) is 10.9.